The fourth-order valence-corrected chi connectivity index (χ4v) is 2.51. The zero-order valence-electron chi connectivity index (χ0n) is 11.6. The minimum absolute atomic E-state index is 0. The van der Waals surface area contributed by atoms with E-state index in [2.05, 4.69) is 0 Å². The van der Waals surface area contributed by atoms with Crippen LogP contribution in [0.4, 0.5) is 22.0 Å². The molecule has 0 bridgehead atoms. The Hall–Kier alpha value is -0.960. The predicted molar refractivity (Wildman–Crippen MR) is 61.7 cm³/mol. The minimum Gasteiger partial charge on any atom is -1.00 e. The van der Waals surface area contributed by atoms with Crippen molar-refractivity contribution < 1.29 is 49.1 Å². The van der Waals surface area contributed by atoms with Gasteiger partial charge in [0, 0.05) is 7.11 Å². The number of halogens is 6. The second-order valence-corrected chi connectivity index (χ2v) is 4.79. The van der Waals surface area contributed by atoms with E-state index in [-0.39, 0.29) is 19.2 Å². The average Bonchev–Trinajstić information content (AvgIpc) is 2.50. The van der Waals surface area contributed by atoms with Crippen molar-refractivity contribution in [3.05, 3.63) is 34.6 Å². The quantitative estimate of drug-likeness (QED) is 0.320. The van der Waals surface area contributed by atoms with Crippen LogP contribution in [0.25, 0.3) is 0 Å². The second-order valence-electron chi connectivity index (χ2n) is 4.79. The summed E-state index contributed by atoms with van der Waals surface area (Å²) >= 11 is 0. The van der Waals surface area contributed by atoms with Gasteiger partial charge in [-0.05, 0) is 12.8 Å². The first-order valence-corrected chi connectivity index (χ1v) is 6.44. The Bertz CT molecular complexity index is 503. The zero-order valence-corrected chi connectivity index (χ0v) is 12.4. The Kier molecular flexibility index (Phi) is 6.98. The van der Waals surface area contributed by atoms with Crippen molar-refractivity contribution in [2.75, 3.05) is 20.4 Å². The zero-order chi connectivity index (χ0) is 15.6. The van der Waals surface area contributed by atoms with E-state index < -0.39 is 46.8 Å². The molecule has 2 rings (SSSR count). The van der Waals surface area contributed by atoms with Crippen LogP contribution < -0.4 is 17.7 Å². The van der Waals surface area contributed by atoms with Gasteiger partial charge < -0.3 is 27.2 Å². The molecule has 0 spiro atoms. The summed E-state index contributed by atoms with van der Waals surface area (Å²) in [6.07, 6.45) is 0.469. The van der Waals surface area contributed by atoms with Crippen LogP contribution in [0.1, 0.15) is 24.4 Å². The highest BCUT2D eigenvalue weighted by Gasteiger charge is 2.39. The van der Waals surface area contributed by atoms with Gasteiger partial charge in [0.2, 0.25) is 5.82 Å². The Morgan fingerprint density at radius 3 is 2.09 bits per heavy atom. The number of benzene rings is 1. The third-order valence-electron chi connectivity index (χ3n) is 3.49. The molecule has 1 aliphatic rings. The largest absolute Gasteiger partial charge is 1.00 e. The van der Waals surface area contributed by atoms with Gasteiger partial charge in [0.15, 0.2) is 23.3 Å². The molecule has 1 heterocycles. The lowest BCUT2D eigenvalue weighted by Crippen LogP contribution is -3.00. The summed E-state index contributed by atoms with van der Waals surface area (Å²) in [6, 6.07) is -1.00. The monoisotopic (exact) mass is 347 g/mol. The predicted octanol–water partition coefficient (Wildman–Crippen LogP) is -1.23. The molecule has 0 amide bonds. The summed E-state index contributed by atoms with van der Waals surface area (Å²) in [5.74, 6) is -9.64. The lowest BCUT2D eigenvalue weighted by atomic mass is 9.93. The number of methoxy groups -OCH3 is 1. The molecule has 0 aliphatic carbocycles. The summed E-state index contributed by atoms with van der Waals surface area (Å²) in [5, 5.41) is 1.52. The fraction of sp³-hybridized carbons (Fsp3) is 0.538. The standard InChI is InChI=1S/C13H14F5NO2.ClH/c1-20-5-21-6-3-2-4-19-13(6)7-8(14)10(16)12(18)11(17)9(7)15;/h6,13,19H,2-5H2,1H3;1H/t6-,13+;/m0./s1. The topological polar surface area (TPSA) is 35.1 Å². The van der Waals surface area contributed by atoms with E-state index in [1.807, 2.05) is 0 Å². The van der Waals surface area contributed by atoms with Gasteiger partial charge in [0.1, 0.15) is 18.9 Å². The van der Waals surface area contributed by atoms with Crippen LogP contribution in [0.2, 0.25) is 0 Å². The SMILES string of the molecule is COCO[C@H]1CCC[NH2+][C@H]1c1c(F)c(F)c(F)c(F)c1F.[Cl-]. The normalized spacial score (nSPS) is 21.5. The van der Waals surface area contributed by atoms with Crippen LogP contribution in [0.15, 0.2) is 0 Å². The Labute approximate surface area is 130 Å². The molecule has 1 aliphatic heterocycles. The van der Waals surface area contributed by atoms with E-state index >= 15 is 0 Å². The molecule has 1 saturated heterocycles. The molecule has 0 radical (unpaired) electrons. The molecule has 1 aromatic carbocycles. The summed E-state index contributed by atoms with van der Waals surface area (Å²) in [7, 11) is 1.37. The number of hydrogen-bond acceptors (Lipinski definition) is 2. The molecule has 1 aromatic rings. The molecular formula is C13H15ClF5NO2. The van der Waals surface area contributed by atoms with Gasteiger partial charge in [0.25, 0.3) is 0 Å². The highest BCUT2D eigenvalue weighted by Crippen LogP contribution is 2.30. The summed E-state index contributed by atoms with van der Waals surface area (Å²) in [5.41, 5.74) is -0.841. The first kappa shape index (κ1) is 19.1. The van der Waals surface area contributed by atoms with Crippen molar-refractivity contribution in [2.24, 2.45) is 0 Å². The molecule has 1 fully saturated rings. The maximum Gasteiger partial charge on any atom is 0.200 e. The molecule has 0 unspecified atom stereocenters. The number of piperidine rings is 1. The van der Waals surface area contributed by atoms with Crippen LogP contribution >= 0.6 is 0 Å². The van der Waals surface area contributed by atoms with Gasteiger partial charge >= 0.3 is 0 Å². The molecule has 2 atom stereocenters. The molecule has 3 nitrogen and oxygen atoms in total. The number of nitrogens with two attached hydrogens (primary N) is 1. The Morgan fingerprint density at radius 1 is 1.00 bits per heavy atom. The molecule has 0 saturated carbocycles. The fourth-order valence-electron chi connectivity index (χ4n) is 2.51. The third-order valence-corrected chi connectivity index (χ3v) is 3.49. The van der Waals surface area contributed by atoms with Crippen LogP contribution in [-0.4, -0.2) is 26.6 Å². The highest BCUT2D eigenvalue weighted by molar-refractivity contribution is 5.26. The summed E-state index contributed by atoms with van der Waals surface area (Å²) in [6.45, 7) is 0.390. The molecule has 126 valence electrons. The van der Waals surface area contributed by atoms with E-state index in [9.17, 15) is 22.0 Å². The van der Waals surface area contributed by atoms with Crippen molar-refractivity contribution in [1.82, 2.24) is 0 Å². The van der Waals surface area contributed by atoms with Crippen LogP contribution in [0, 0.1) is 29.1 Å². The maximum absolute atomic E-state index is 13.9. The van der Waals surface area contributed by atoms with Gasteiger partial charge in [-0.2, -0.15) is 0 Å². The van der Waals surface area contributed by atoms with Gasteiger partial charge in [-0.25, -0.2) is 22.0 Å². The van der Waals surface area contributed by atoms with Crippen LogP contribution in [0.3, 0.4) is 0 Å². The summed E-state index contributed by atoms with van der Waals surface area (Å²) < 4.78 is 77.4. The molecule has 2 N–H and O–H groups in total. The maximum atomic E-state index is 13.9. The van der Waals surface area contributed by atoms with Gasteiger partial charge in [-0.1, -0.05) is 0 Å². The Morgan fingerprint density at radius 2 is 1.55 bits per heavy atom. The van der Waals surface area contributed by atoms with E-state index in [4.69, 9.17) is 9.47 Å². The highest BCUT2D eigenvalue weighted by atomic mass is 35.5. The van der Waals surface area contributed by atoms with Gasteiger partial charge in [0.05, 0.1) is 12.1 Å². The van der Waals surface area contributed by atoms with Crippen LogP contribution in [0.5, 0.6) is 0 Å². The van der Waals surface area contributed by atoms with Crippen LogP contribution in [-0.2, 0) is 9.47 Å². The second kappa shape index (κ2) is 8.05. The van der Waals surface area contributed by atoms with Crippen molar-refractivity contribution >= 4 is 0 Å². The first-order chi connectivity index (χ1) is 9.99. The van der Waals surface area contributed by atoms with Crippen molar-refractivity contribution in [3.63, 3.8) is 0 Å². The van der Waals surface area contributed by atoms with Gasteiger partial charge in [-0.15, -0.1) is 0 Å². The minimum atomic E-state index is -2.15. The molecule has 9 heteroatoms. The first-order valence-electron chi connectivity index (χ1n) is 6.44. The van der Waals surface area contributed by atoms with Crippen molar-refractivity contribution in [1.29, 1.82) is 0 Å². The lowest BCUT2D eigenvalue weighted by Gasteiger charge is -2.30. The van der Waals surface area contributed by atoms with E-state index in [1.54, 1.807) is 0 Å². The molecule has 22 heavy (non-hydrogen) atoms. The van der Waals surface area contributed by atoms with E-state index in [0.717, 1.165) is 0 Å². The number of quaternary nitrogens is 1. The summed E-state index contributed by atoms with van der Waals surface area (Å²) in [4.78, 5) is 0. The van der Waals surface area contributed by atoms with E-state index in [1.165, 1.54) is 12.4 Å². The average molecular weight is 348 g/mol. The number of ether oxygens (including phenoxy) is 2. The smallest absolute Gasteiger partial charge is 0.200 e. The molecular weight excluding hydrogens is 333 g/mol. The number of rotatable bonds is 4. The third kappa shape index (κ3) is 3.51. The Balaban J connectivity index is 0.00000242. The number of hydrogen-bond donors (Lipinski definition) is 1. The van der Waals surface area contributed by atoms with E-state index in [0.29, 0.717) is 19.4 Å². The van der Waals surface area contributed by atoms with Crippen molar-refractivity contribution in [3.8, 4) is 0 Å². The lowest BCUT2D eigenvalue weighted by molar-refractivity contribution is -0.713. The molecule has 0 aromatic heterocycles. The van der Waals surface area contributed by atoms with Gasteiger partial charge in [-0.3, -0.25) is 0 Å². The van der Waals surface area contributed by atoms with Crippen molar-refractivity contribution in [2.45, 2.75) is 25.0 Å².